The fraction of sp³-hybridized carbons (Fsp3) is 0.375. The highest BCUT2D eigenvalue weighted by atomic mass is 16.1. The summed E-state index contributed by atoms with van der Waals surface area (Å²) < 4.78 is 0. The van der Waals surface area contributed by atoms with Gasteiger partial charge in [-0.3, -0.25) is 4.79 Å². The summed E-state index contributed by atoms with van der Waals surface area (Å²) in [5, 5.41) is 0. The van der Waals surface area contributed by atoms with E-state index < -0.39 is 0 Å². The fourth-order valence-electron chi connectivity index (χ4n) is 2.83. The van der Waals surface area contributed by atoms with E-state index in [1.807, 2.05) is 6.92 Å². The summed E-state index contributed by atoms with van der Waals surface area (Å²) in [6, 6.07) is 10.2. The predicted octanol–water partition coefficient (Wildman–Crippen LogP) is 2.60. The normalized spacial score (nSPS) is 18.1. The largest absolute Gasteiger partial charge is 0.310 e. The van der Waals surface area contributed by atoms with Crippen molar-refractivity contribution in [1.29, 1.82) is 0 Å². The summed E-state index contributed by atoms with van der Waals surface area (Å²) >= 11 is 0. The third-order valence-electron chi connectivity index (χ3n) is 3.91. The van der Waals surface area contributed by atoms with Crippen molar-refractivity contribution in [3.05, 3.63) is 63.3 Å². The Morgan fingerprint density at radius 1 is 1.32 bits per heavy atom. The second kappa shape index (κ2) is 5.00. The van der Waals surface area contributed by atoms with Crippen LogP contribution in [0.2, 0.25) is 0 Å². The molecule has 0 spiro atoms. The summed E-state index contributed by atoms with van der Waals surface area (Å²) in [7, 11) is 0. The third kappa shape index (κ3) is 2.46. The molecule has 0 fully saturated rings. The first-order chi connectivity index (χ1) is 9.26. The third-order valence-corrected chi connectivity index (χ3v) is 3.91. The molecule has 0 aliphatic heterocycles. The monoisotopic (exact) mass is 254 g/mol. The molecular weight excluding hydrogens is 236 g/mol. The standard InChI is InChI=1S/C16H18N2O/c1-2-14-10-15(19)18-16(17-14)13-8-7-11-5-3-4-6-12(11)9-13/h3-6,10,13H,2,7-9H2,1H3,(H,17,18,19). The van der Waals surface area contributed by atoms with Crippen molar-refractivity contribution in [2.75, 3.05) is 0 Å². The van der Waals surface area contributed by atoms with Crippen LogP contribution < -0.4 is 5.56 Å². The van der Waals surface area contributed by atoms with Gasteiger partial charge in [-0.15, -0.1) is 0 Å². The van der Waals surface area contributed by atoms with E-state index in [1.165, 1.54) is 11.1 Å². The molecule has 1 heterocycles. The highest BCUT2D eigenvalue weighted by Gasteiger charge is 2.21. The average Bonchev–Trinajstić information content (AvgIpc) is 2.46. The second-order valence-electron chi connectivity index (χ2n) is 5.18. The molecule has 1 aromatic heterocycles. The average molecular weight is 254 g/mol. The number of H-pyrrole nitrogens is 1. The van der Waals surface area contributed by atoms with Gasteiger partial charge >= 0.3 is 0 Å². The Morgan fingerprint density at radius 3 is 2.89 bits per heavy atom. The van der Waals surface area contributed by atoms with Gasteiger partial charge in [0.2, 0.25) is 0 Å². The van der Waals surface area contributed by atoms with E-state index in [9.17, 15) is 4.79 Å². The fourth-order valence-corrected chi connectivity index (χ4v) is 2.83. The maximum absolute atomic E-state index is 11.7. The lowest BCUT2D eigenvalue weighted by Crippen LogP contribution is -2.20. The molecule has 1 aliphatic rings. The molecule has 3 heteroatoms. The van der Waals surface area contributed by atoms with Crippen LogP contribution in [0, 0.1) is 0 Å². The maximum atomic E-state index is 11.7. The Labute approximate surface area is 112 Å². The van der Waals surface area contributed by atoms with Crippen molar-refractivity contribution in [3.8, 4) is 0 Å². The molecule has 2 aromatic rings. The predicted molar refractivity (Wildman–Crippen MR) is 75.4 cm³/mol. The van der Waals surface area contributed by atoms with Gasteiger partial charge in [0.25, 0.3) is 5.56 Å². The summed E-state index contributed by atoms with van der Waals surface area (Å²) in [6.07, 6.45) is 3.92. The lowest BCUT2D eigenvalue weighted by atomic mass is 9.83. The molecule has 3 rings (SSSR count). The number of benzene rings is 1. The first kappa shape index (κ1) is 12.2. The van der Waals surface area contributed by atoms with Crippen LogP contribution in [0.5, 0.6) is 0 Å². The minimum absolute atomic E-state index is 0.0271. The van der Waals surface area contributed by atoms with Crippen molar-refractivity contribution in [1.82, 2.24) is 9.97 Å². The van der Waals surface area contributed by atoms with E-state index in [2.05, 4.69) is 34.2 Å². The maximum Gasteiger partial charge on any atom is 0.251 e. The van der Waals surface area contributed by atoms with E-state index in [-0.39, 0.29) is 5.56 Å². The van der Waals surface area contributed by atoms with E-state index in [0.29, 0.717) is 5.92 Å². The van der Waals surface area contributed by atoms with Gasteiger partial charge in [-0.25, -0.2) is 4.98 Å². The zero-order valence-electron chi connectivity index (χ0n) is 11.1. The number of nitrogens with zero attached hydrogens (tertiary/aromatic N) is 1. The summed E-state index contributed by atoms with van der Waals surface area (Å²) in [5.74, 6) is 1.20. The van der Waals surface area contributed by atoms with E-state index >= 15 is 0 Å². The molecule has 0 radical (unpaired) electrons. The number of nitrogens with one attached hydrogen (secondary N) is 1. The van der Waals surface area contributed by atoms with Gasteiger partial charge in [-0.05, 0) is 36.8 Å². The molecule has 1 aliphatic carbocycles. The Hall–Kier alpha value is -1.90. The first-order valence-electron chi connectivity index (χ1n) is 6.93. The van der Waals surface area contributed by atoms with Crippen LogP contribution in [0.4, 0.5) is 0 Å². The van der Waals surface area contributed by atoms with Crippen molar-refractivity contribution < 1.29 is 0 Å². The molecule has 0 amide bonds. The van der Waals surface area contributed by atoms with Gasteiger partial charge in [0, 0.05) is 17.7 Å². The Balaban J connectivity index is 1.93. The lowest BCUT2D eigenvalue weighted by Gasteiger charge is -2.23. The molecule has 1 N–H and O–H groups in total. The van der Waals surface area contributed by atoms with Crippen molar-refractivity contribution >= 4 is 0 Å². The van der Waals surface area contributed by atoms with Crippen LogP contribution in [-0.4, -0.2) is 9.97 Å². The quantitative estimate of drug-likeness (QED) is 0.895. The number of fused-ring (bicyclic) bond motifs is 1. The van der Waals surface area contributed by atoms with Crippen LogP contribution in [0.15, 0.2) is 35.1 Å². The van der Waals surface area contributed by atoms with E-state index in [4.69, 9.17) is 0 Å². The second-order valence-corrected chi connectivity index (χ2v) is 5.18. The van der Waals surface area contributed by atoms with Gasteiger partial charge in [0.15, 0.2) is 0 Å². The summed E-state index contributed by atoms with van der Waals surface area (Å²) in [5.41, 5.74) is 3.69. The summed E-state index contributed by atoms with van der Waals surface area (Å²) in [4.78, 5) is 19.2. The van der Waals surface area contributed by atoms with Gasteiger partial charge in [0.05, 0.1) is 0 Å². The molecule has 19 heavy (non-hydrogen) atoms. The molecular formula is C16H18N2O. The number of aromatic nitrogens is 2. The topological polar surface area (TPSA) is 45.8 Å². The minimum atomic E-state index is -0.0271. The summed E-state index contributed by atoms with van der Waals surface area (Å²) in [6.45, 7) is 2.03. The van der Waals surface area contributed by atoms with Crippen LogP contribution >= 0.6 is 0 Å². The highest BCUT2D eigenvalue weighted by Crippen LogP contribution is 2.30. The molecule has 0 saturated carbocycles. The SMILES string of the molecule is CCc1cc(=O)[nH]c(C2CCc3ccccc3C2)n1. The Bertz CT molecular complexity index is 645. The highest BCUT2D eigenvalue weighted by molar-refractivity contribution is 5.31. The molecule has 1 aromatic carbocycles. The number of hydrogen-bond donors (Lipinski definition) is 1. The van der Waals surface area contributed by atoms with Crippen LogP contribution in [0.3, 0.4) is 0 Å². The molecule has 0 saturated heterocycles. The molecule has 1 atom stereocenters. The molecule has 1 unspecified atom stereocenters. The van der Waals surface area contributed by atoms with Crippen molar-refractivity contribution in [2.24, 2.45) is 0 Å². The van der Waals surface area contributed by atoms with Gasteiger partial charge in [0.1, 0.15) is 5.82 Å². The zero-order chi connectivity index (χ0) is 13.2. The number of rotatable bonds is 2. The van der Waals surface area contributed by atoms with Crippen LogP contribution in [0.1, 0.15) is 41.9 Å². The van der Waals surface area contributed by atoms with Crippen molar-refractivity contribution in [3.63, 3.8) is 0 Å². The first-order valence-corrected chi connectivity index (χ1v) is 6.93. The van der Waals surface area contributed by atoms with Crippen molar-refractivity contribution in [2.45, 2.75) is 38.5 Å². The van der Waals surface area contributed by atoms with Crippen LogP contribution in [-0.2, 0) is 19.3 Å². The van der Waals surface area contributed by atoms with E-state index in [0.717, 1.165) is 37.2 Å². The lowest BCUT2D eigenvalue weighted by molar-refractivity contribution is 0.550. The Morgan fingerprint density at radius 2 is 2.11 bits per heavy atom. The van der Waals surface area contributed by atoms with Gasteiger partial charge in [-0.2, -0.15) is 0 Å². The molecule has 0 bridgehead atoms. The van der Waals surface area contributed by atoms with E-state index in [1.54, 1.807) is 6.07 Å². The smallest absolute Gasteiger partial charge is 0.251 e. The molecule has 3 nitrogen and oxygen atoms in total. The Kier molecular flexibility index (Phi) is 3.20. The minimum Gasteiger partial charge on any atom is -0.310 e. The number of aryl methyl sites for hydroxylation is 2. The molecule has 98 valence electrons. The zero-order valence-corrected chi connectivity index (χ0v) is 11.1. The van der Waals surface area contributed by atoms with Crippen LogP contribution in [0.25, 0.3) is 0 Å². The van der Waals surface area contributed by atoms with Gasteiger partial charge in [-0.1, -0.05) is 31.2 Å². The van der Waals surface area contributed by atoms with Gasteiger partial charge < -0.3 is 4.98 Å². The number of aromatic amines is 1. The number of hydrogen-bond acceptors (Lipinski definition) is 2.